The summed E-state index contributed by atoms with van der Waals surface area (Å²) in [6.07, 6.45) is 0.935. The zero-order valence-electron chi connectivity index (χ0n) is 10.5. The van der Waals surface area contributed by atoms with Gasteiger partial charge < -0.3 is 9.84 Å². The van der Waals surface area contributed by atoms with Crippen LogP contribution in [0.25, 0.3) is 0 Å². The molecule has 2 aromatic carbocycles. The predicted molar refractivity (Wildman–Crippen MR) is 73.1 cm³/mol. The molecular weight excluding hydrogens is 224 g/mol. The van der Waals surface area contributed by atoms with E-state index in [-0.39, 0.29) is 5.92 Å². The molecule has 2 aromatic rings. The number of para-hydroxylation sites is 2. The molecule has 0 spiro atoms. The van der Waals surface area contributed by atoms with Crippen LogP contribution in [-0.2, 0) is 0 Å². The quantitative estimate of drug-likeness (QED) is 0.859. The number of rotatable bonds is 5. The first-order valence-corrected chi connectivity index (χ1v) is 6.27. The molecule has 2 rings (SSSR count). The summed E-state index contributed by atoms with van der Waals surface area (Å²) in [5.41, 5.74) is 0.955. The van der Waals surface area contributed by atoms with Crippen LogP contribution in [0.4, 0.5) is 0 Å². The van der Waals surface area contributed by atoms with Gasteiger partial charge in [-0.25, -0.2) is 0 Å². The molecule has 0 radical (unpaired) electrons. The Morgan fingerprint density at radius 3 is 2.33 bits per heavy atom. The number of hydrogen-bond acceptors (Lipinski definition) is 2. The van der Waals surface area contributed by atoms with Crippen LogP contribution in [0, 0.1) is 0 Å². The zero-order valence-corrected chi connectivity index (χ0v) is 10.5. The molecule has 1 atom stereocenters. The van der Waals surface area contributed by atoms with Crippen LogP contribution in [0.5, 0.6) is 11.5 Å². The highest BCUT2D eigenvalue weighted by atomic mass is 16.5. The minimum Gasteiger partial charge on any atom is -0.508 e. The van der Waals surface area contributed by atoms with E-state index in [2.05, 4.69) is 6.92 Å². The predicted octanol–water partition coefficient (Wildman–Crippen LogP) is 3.96. The average Bonchev–Trinajstić information content (AvgIpc) is 2.42. The first kappa shape index (κ1) is 12.5. The van der Waals surface area contributed by atoms with Crippen molar-refractivity contribution in [3.63, 3.8) is 0 Å². The molecule has 2 heteroatoms. The van der Waals surface area contributed by atoms with Gasteiger partial charge in [0, 0.05) is 11.5 Å². The van der Waals surface area contributed by atoms with Crippen molar-refractivity contribution < 1.29 is 9.84 Å². The molecule has 18 heavy (non-hydrogen) atoms. The van der Waals surface area contributed by atoms with E-state index in [4.69, 9.17) is 4.74 Å². The lowest BCUT2D eigenvalue weighted by atomic mass is 9.96. The molecule has 1 N–H and O–H groups in total. The van der Waals surface area contributed by atoms with E-state index in [9.17, 15) is 5.11 Å². The highest BCUT2D eigenvalue weighted by Gasteiger charge is 2.13. The molecular formula is C16H18O2. The van der Waals surface area contributed by atoms with E-state index < -0.39 is 0 Å². The number of benzene rings is 2. The van der Waals surface area contributed by atoms with E-state index in [0.717, 1.165) is 17.7 Å². The smallest absolute Gasteiger partial charge is 0.119 e. The van der Waals surface area contributed by atoms with Crippen LogP contribution in [-0.4, -0.2) is 11.7 Å². The second-order valence-corrected chi connectivity index (χ2v) is 4.29. The first-order valence-electron chi connectivity index (χ1n) is 6.27. The first-order chi connectivity index (χ1) is 8.81. The van der Waals surface area contributed by atoms with Crippen molar-refractivity contribution in [2.75, 3.05) is 6.61 Å². The summed E-state index contributed by atoms with van der Waals surface area (Å²) in [5, 5.41) is 9.85. The summed E-state index contributed by atoms with van der Waals surface area (Å²) in [6, 6.07) is 17.2. The molecule has 0 aliphatic carbocycles. The molecule has 0 aliphatic rings. The molecule has 2 nitrogen and oxygen atoms in total. The molecule has 0 heterocycles. The Labute approximate surface area is 108 Å². The van der Waals surface area contributed by atoms with E-state index in [1.54, 1.807) is 6.07 Å². The van der Waals surface area contributed by atoms with E-state index in [0.29, 0.717) is 12.4 Å². The van der Waals surface area contributed by atoms with Crippen molar-refractivity contribution in [3.8, 4) is 11.5 Å². The fourth-order valence-corrected chi connectivity index (χ4v) is 1.97. The van der Waals surface area contributed by atoms with E-state index >= 15 is 0 Å². The Kier molecular flexibility index (Phi) is 4.24. The normalized spacial score (nSPS) is 12.1. The minimum absolute atomic E-state index is 0.214. The molecule has 0 fully saturated rings. The molecule has 0 bridgehead atoms. The number of phenolic OH excluding ortho intramolecular Hbond substituents is 1. The van der Waals surface area contributed by atoms with Gasteiger partial charge in [-0.15, -0.1) is 0 Å². The Morgan fingerprint density at radius 1 is 1.00 bits per heavy atom. The van der Waals surface area contributed by atoms with Crippen molar-refractivity contribution >= 4 is 0 Å². The lowest BCUT2D eigenvalue weighted by molar-refractivity contribution is 0.281. The Bertz CT molecular complexity index is 479. The fourth-order valence-electron chi connectivity index (χ4n) is 1.97. The van der Waals surface area contributed by atoms with Gasteiger partial charge >= 0.3 is 0 Å². The van der Waals surface area contributed by atoms with Crippen molar-refractivity contribution in [1.82, 2.24) is 0 Å². The van der Waals surface area contributed by atoms with Gasteiger partial charge in [-0.3, -0.25) is 0 Å². The van der Waals surface area contributed by atoms with Crippen LogP contribution >= 0.6 is 0 Å². The van der Waals surface area contributed by atoms with Crippen molar-refractivity contribution in [3.05, 3.63) is 60.2 Å². The summed E-state index contributed by atoms with van der Waals surface area (Å²) >= 11 is 0. The summed E-state index contributed by atoms with van der Waals surface area (Å²) in [6.45, 7) is 2.68. The monoisotopic (exact) mass is 242 g/mol. The molecule has 0 aromatic heterocycles. The van der Waals surface area contributed by atoms with Gasteiger partial charge in [0.25, 0.3) is 0 Å². The maximum Gasteiger partial charge on any atom is 0.119 e. The average molecular weight is 242 g/mol. The highest BCUT2D eigenvalue weighted by Crippen LogP contribution is 2.28. The molecule has 0 amide bonds. The lowest BCUT2D eigenvalue weighted by Crippen LogP contribution is -2.09. The van der Waals surface area contributed by atoms with Crippen LogP contribution in [0.1, 0.15) is 24.8 Å². The number of phenols is 1. The van der Waals surface area contributed by atoms with E-state index in [1.807, 2.05) is 48.5 Å². The number of ether oxygens (including phenoxy) is 1. The topological polar surface area (TPSA) is 29.5 Å². The van der Waals surface area contributed by atoms with Gasteiger partial charge in [-0.2, -0.15) is 0 Å². The standard InChI is InChI=1S/C16H18O2/c1-2-13(15-10-6-7-11-16(15)17)12-18-14-8-4-3-5-9-14/h3-11,13,17H,2,12H2,1H3. The fraction of sp³-hybridized carbons (Fsp3) is 0.250. The van der Waals surface area contributed by atoms with Gasteiger partial charge in [-0.1, -0.05) is 43.3 Å². The van der Waals surface area contributed by atoms with Crippen molar-refractivity contribution in [1.29, 1.82) is 0 Å². The highest BCUT2D eigenvalue weighted by molar-refractivity contribution is 5.35. The second-order valence-electron chi connectivity index (χ2n) is 4.29. The van der Waals surface area contributed by atoms with Gasteiger partial charge in [0.2, 0.25) is 0 Å². The number of hydrogen-bond donors (Lipinski definition) is 1. The zero-order chi connectivity index (χ0) is 12.8. The third-order valence-electron chi connectivity index (χ3n) is 3.06. The third kappa shape index (κ3) is 3.04. The lowest BCUT2D eigenvalue weighted by Gasteiger charge is -2.17. The molecule has 1 unspecified atom stereocenters. The van der Waals surface area contributed by atoms with Gasteiger partial charge in [0.15, 0.2) is 0 Å². The second kappa shape index (κ2) is 6.10. The SMILES string of the molecule is CCC(COc1ccccc1)c1ccccc1O. The van der Waals surface area contributed by atoms with Crippen LogP contribution in [0.15, 0.2) is 54.6 Å². The number of aromatic hydroxyl groups is 1. The van der Waals surface area contributed by atoms with Gasteiger partial charge in [-0.05, 0) is 24.6 Å². The van der Waals surface area contributed by atoms with Crippen LogP contribution in [0.2, 0.25) is 0 Å². The Morgan fingerprint density at radius 2 is 1.67 bits per heavy atom. The summed E-state index contributed by atoms with van der Waals surface area (Å²) in [4.78, 5) is 0. The Hall–Kier alpha value is -1.96. The van der Waals surface area contributed by atoms with Crippen LogP contribution in [0.3, 0.4) is 0 Å². The summed E-state index contributed by atoms with van der Waals surface area (Å²) in [7, 11) is 0. The third-order valence-corrected chi connectivity index (χ3v) is 3.06. The molecule has 0 saturated heterocycles. The molecule has 0 saturated carbocycles. The van der Waals surface area contributed by atoms with Gasteiger partial charge in [0.1, 0.15) is 11.5 Å². The van der Waals surface area contributed by atoms with E-state index in [1.165, 1.54) is 0 Å². The Balaban J connectivity index is 2.04. The molecule has 94 valence electrons. The van der Waals surface area contributed by atoms with Crippen molar-refractivity contribution in [2.45, 2.75) is 19.3 Å². The minimum atomic E-state index is 0.214. The maximum absolute atomic E-state index is 9.85. The largest absolute Gasteiger partial charge is 0.508 e. The maximum atomic E-state index is 9.85. The molecule has 0 aliphatic heterocycles. The van der Waals surface area contributed by atoms with Crippen LogP contribution < -0.4 is 4.74 Å². The summed E-state index contributed by atoms with van der Waals surface area (Å²) < 4.78 is 5.76. The van der Waals surface area contributed by atoms with Gasteiger partial charge in [0.05, 0.1) is 6.61 Å². The summed E-state index contributed by atoms with van der Waals surface area (Å²) in [5.74, 6) is 1.43. The van der Waals surface area contributed by atoms with Crippen molar-refractivity contribution in [2.24, 2.45) is 0 Å².